The molecule has 1 aliphatic heterocycles. The fourth-order valence-corrected chi connectivity index (χ4v) is 2.94. The highest BCUT2D eigenvalue weighted by atomic mass is 19.1. The summed E-state index contributed by atoms with van der Waals surface area (Å²) in [4.78, 5) is 37.2. The Kier molecular flexibility index (Phi) is 5.84. The summed E-state index contributed by atoms with van der Waals surface area (Å²) in [6.45, 7) is 3.89. The van der Waals surface area contributed by atoms with Crippen LogP contribution in [-0.4, -0.2) is 39.4 Å². The third kappa shape index (κ3) is 4.41. The van der Waals surface area contributed by atoms with Gasteiger partial charge in [-0.15, -0.1) is 0 Å². The lowest BCUT2D eigenvalue weighted by molar-refractivity contribution is -0.155. The van der Waals surface area contributed by atoms with Crippen LogP contribution in [-0.2, 0) is 27.5 Å². The van der Waals surface area contributed by atoms with Gasteiger partial charge in [-0.05, 0) is 33.3 Å². The molecule has 0 unspecified atom stereocenters. The summed E-state index contributed by atoms with van der Waals surface area (Å²) < 4.78 is 33.4. The molecule has 27 heavy (non-hydrogen) atoms. The molecule has 0 spiro atoms. The van der Waals surface area contributed by atoms with Crippen molar-refractivity contribution < 1.29 is 33.0 Å². The van der Waals surface area contributed by atoms with Gasteiger partial charge in [-0.1, -0.05) is 0 Å². The van der Waals surface area contributed by atoms with E-state index in [1.165, 1.54) is 0 Å². The number of rotatable bonds is 6. The van der Waals surface area contributed by atoms with E-state index in [-0.39, 0.29) is 30.5 Å². The lowest BCUT2D eigenvalue weighted by Gasteiger charge is -2.25. The predicted octanol–water partition coefficient (Wildman–Crippen LogP) is 1.39. The highest BCUT2D eigenvalue weighted by molar-refractivity contribution is 6.01. The average Bonchev–Trinajstić information content (AvgIpc) is 2.83. The summed E-state index contributed by atoms with van der Waals surface area (Å²) in [7, 11) is 0. The van der Waals surface area contributed by atoms with Gasteiger partial charge in [0.05, 0.1) is 18.7 Å². The van der Waals surface area contributed by atoms with E-state index in [1.54, 1.807) is 20.8 Å². The second kappa shape index (κ2) is 7.59. The number of aliphatic hydroxyl groups excluding tert-OH is 1. The van der Waals surface area contributed by atoms with Crippen LogP contribution in [0.1, 0.15) is 55.1 Å². The highest BCUT2D eigenvalue weighted by Gasteiger charge is 2.38. The van der Waals surface area contributed by atoms with Crippen molar-refractivity contribution in [2.24, 2.45) is 5.73 Å². The second-order valence-electron chi connectivity index (χ2n) is 7.31. The zero-order chi connectivity index (χ0) is 20.5. The van der Waals surface area contributed by atoms with E-state index in [4.69, 9.17) is 15.6 Å². The minimum atomic E-state index is -1.18. The molecule has 0 saturated carbocycles. The highest BCUT2D eigenvalue weighted by Crippen LogP contribution is 2.31. The Morgan fingerprint density at radius 1 is 1.37 bits per heavy atom. The Hall–Kier alpha value is -2.55. The maximum atomic E-state index is 14.4. The number of nitrogens with zero attached hydrogens (tertiary/aromatic N) is 1. The number of nitrogens with two attached hydrogens (primary N) is 1. The number of esters is 1. The first-order valence-corrected chi connectivity index (χ1v) is 8.39. The number of aliphatic hydroxyl groups is 1. The predicted molar refractivity (Wildman–Crippen MR) is 90.2 cm³/mol. The molecule has 3 N–H and O–H groups in total. The van der Waals surface area contributed by atoms with Gasteiger partial charge < -0.3 is 20.5 Å². The Balaban J connectivity index is 2.22. The van der Waals surface area contributed by atoms with E-state index in [0.717, 1.165) is 11.0 Å². The van der Waals surface area contributed by atoms with Crippen molar-refractivity contribution in [2.45, 2.75) is 58.4 Å². The molecule has 1 atom stereocenters. The first-order chi connectivity index (χ1) is 12.5. The molecular formula is C18H22F2N2O5. The first-order valence-electron chi connectivity index (χ1n) is 8.39. The number of hydrogen-bond acceptors (Lipinski definition) is 5. The van der Waals surface area contributed by atoms with Crippen LogP contribution in [0.5, 0.6) is 0 Å². The van der Waals surface area contributed by atoms with Crippen molar-refractivity contribution in [2.75, 3.05) is 0 Å². The number of ether oxygens (including phenoxy) is 1. The lowest BCUT2D eigenvalue weighted by atomic mass is 10.0. The number of hydrogen-bond donors (Lipinski definition) is 2. The monoisotopic (exact) mass is 384 g/mol. The van der Waals surface area contributed by atoms with Crippen LogP contribution in [0, 0.1) is 11.6 Å². The maximum Gasteiger partial charge on any atom is 0.306 e. The van der Waals surface area contributed by atoms with Crippen LogP contribution in [0.3, 0.4) is 0 Å². The molecule has 0 aromatic heterocycles. The van der Waals surface area contributed by atoms with Crippen molar-refractivity contribution >= 4 is 17.8 Å². The second-order valence-corrected chi connectivity index (χ2v) is 7.31. The average molecular weight is 384 g/mol. The van der Waals surface area contributed by atoms with Crippen molar-refractivity contribution in [1.29, 1.82) is 0 Å². The molecule has 7 nitrogen and oxygen atoms in total. The van der Waals surface area contributed by atoms with Crippen LogP contribution in [0.2, 0.25) is 0 Å². The van der Waals surface area contributed by atoms with Gasteiger partial charge in [0.15, 0.2) is 0 Å². The van der Waals surface area contributed by atoms with Crippen molar-refractivity contribution in [1.82, 2.24) is 4.90 Å². The zero-order valence-electron chi connectivity index (χ0n) is 15.3. The Labute approximate surface area is 155 Å². The number of benzene rings is 1. The molecule has 1 heterocycles. The van der Waals surface area contributed by atoms with Crippen LogP contribution in [0.15, 0.2) is 6.07 Å². The zero-order valence-corrected chi connectivity index (χ0v) is 15.3. The smallest absolute Gasteiger partial charge is 0.306 e. The molecule has 1 aliphatic rings. The molecule has 0 aliphatic carbocycles. The molecule has 0 saturated heterocycles. The van der Waals surface area contributed by atoms with Gasteiger partial charge in [-0.3, -0.25) is 14.4 Å². The minimum Gasteiger partial charge on any atom is -0.460 e. The van der Waals surface area contributed by atoms with Gasteiger partial charge in [0, 0.05) is 17.5 Å². The molecule has 148 valence electrons. The maximum absolute atomic E-state index is 14.4. The Morgan fingerprint density at radius 3 is 2.52 bits per heavy atom. The van der Waals surface area contributed by atoms with Gasteiger partial charge in [-0.2, -0.15) is 0 Å². The molecule has 2 rings (SSSR count). The minimum absolute atomic E-state index is 0.110. The van der Waals surface area contributed by atoms with Crippen LogP contribution in [0.4, 0.5) is 8.78 Å². The van der Waals surface area contributed by atoms with Gasteiger partial charge in [0.2, 0.25) is 5.91 Å². The number of carbonyl (C=O) groups excluding carboxylic acids is 3. The van der Waals surface area contributed by atoms with Crippen molar-refractivity contribution in [3.8, 4) is 0 Å². The quantitative estimate of drug-likeness (QED) is 0.720. The summed E-state index contributed by atoms with van der Waals surface area (Å²) >= 11 is 0. The molecule has 9 heteroatoms. The number of primary amides is 1. The van der Waals surface area contributed by atoms with Crippen LogP contribution in [0.25, 0.3) is 0 Å². The van der Waals surface area contributed by atoms with E-state index in [1.807, 2.05) is 0 Å². The standard InChI is InChI=1S/C18H22F2N2O5/c1-18(2,3)27-14(24)5-4-13(16(21)25)22-7-10-9(17(22)26)6-12(19)11(8-23)15(10)20/h6,13,23H,4-5,7-8H2,1-3H3,(H2,21,25)/t13-/m0/s1. The molecular weight excluding hydrogens is 362 g/mol. The largest absolute Gasteiger partial charge is 0.460 e. The summed E-state index contributed by atoms with van der Waals surface area (Å²) in [5, 5.41) is 9.09. The van der Waals surface area contributed by atoms with E-state index in [2.05, 4.69) is 0 Å². The summed E-state index contributed by atoms with van der Waals surface area (Å²) in [5.74, 6) is -4.28. The van der Waals surface area contributed by atoms with Gasteiger partial charge in [0.25, 0.3) is 5.91 Å². The molecule has 1 aromatic rings. The fourth-order valence-electron chi connectivity index (χ4n) is 2.94. The third-order valence-corrected chi connectivity index (χ3v) is 4.14. The number of halogens is 2. The topological polar surface area (TPSA) is 110 Å². The molecule has 0 radical (unpaired) electrons. The van der Waals surface area contributed by atoms with E-state index in [0.29, 0.717) is 0 Å². The van der Waals surface area contributed by atoms with Crippen molar-refractivity contribution in [3.63, 3.8) is 0 Å². The normalized spacial score (nSPS) is 14.9. The number of amides is 2. The Morgan fingerprint density at radius 2 is 2.00 bits per heavy atom. The first kappa shape index (κ1) is 20.8. The van der Waals surface area contributed by atoms with E-state index >= 15 is 0 Å². The van der Waals surface area contributed by atoms with Gasteiger partial charge in [0.1, 0.15) is 23.3 Å². The Bertz CT molecular complexity index is 789. The SMILES string of the molecule is CC(C)(C)OC(=O)CC[C@@H](C(N)=O)N1Cc2c(cc(F)c(CO)c2F)C1=O. The lowest BCUT2D eigenvalue weighted by Crippen LogP contribution is -2.45. The molecule has 2 amide bonds. The molecule has 1 aromatic carbocycles. The van der Waals surface area contributed by atoms with Crippen molar-refractivity contribution in [3.05, 3.63) is 34.4 Å². The van der Waals surface area contributed by atoms with E-state index < -0.39 is 53.2 Å². The fraction of sp³-hybridized carbons (Fsp3) is 0.500. The number of carbonyl (C=O) groups is 3. The van der Waals surface area contributed by atoms with E-state index in [9.17, 15) is 23.2 Å². The van der Waals surface area contributed by atoms with Gasteiger partial charge in [-0.25, -0.2) is 8.78 Å². The summed E-state index contributed by atoms with van der Waals surface area (Å²) in [5.41, 5.74) is 3.75. The summed E-state index contributed by atoms with van der Waals surface area (Å²) in [6.07, 6.45) is -0.287. The number of fused-ring (bicyclic) bond motifs is 1. The summed E-state index contributed by atoms with van der Waals surface area (Å²) in [6, 6.07) is -0.351. The van der Waals surface area contributed by atoms with Crippen LogP contribution < -0.4 is 5.73 Å². The molecule has 0 bridgehead atoms. The third-order valence-electron chi connectivity index (χ3n) is 4.14. The van der Waals surface area contributed by atoms with Gasteiger partial charge >= 0.3 is 5.97 Å². The molecule has 0 fully saturated rings. The van der Waals surface area contributed by atoms with Crippen LogP contribution >= 0.6 is 0 Å².